The van der Waals surface area contributed by atoms with E-state index in [1.54, 1.807) is 0 Å². The van der Waals surface area contributed by atoms with Crippen LogP contribution >= 0.6 is 15.9 Å². The first-order valence-corrected chi connectivity index (χ1v) is 7.28. The lowest BCUT2D eigenvalue weighted by Crippen LogP contribution is -2.50. The van der Waals surface area contributed by atoms with Crippen molar-refractivity contribution in [2.24, 2.45) is 0 Å². The quantitative estimate of drug-likeness (QED) is 0.919. The minimum Gasteiger partial charge on any atom is -0.314 e. The monoisotopic (exact) mass is 296 g/mol. The molecule has 1 atom stereocenters. The maximum Gasteiger partial charge on any atom is 0.0248 e. The Kier molecular flexibility index (Phi) is 5.01. The average molecular weight is 297 g/mol. The topological polar surface area (TPSA) is 15.3 Å². The summed E-state index contributed by atoms with van der Waals surface area (Å²) in [7, 11) is 0. The standard InChI is InChI=1S/C14H21BrN2/c1-2-5-13-10-16-8-9-17(13)11-12-6-3-4-7-14(12)15/h3-4,6-7,13,16H,2,5,8-11H2,1H3. The molecular formula is C14H21BrN2. The summed E-state index contributed by atoms with van der Waals surface area (Å²) in [5.41, 5.74) is 1.40. The Morgan fingerprint density at radius 1 is 1.41 bits per heavy atom. The van der Waals surface area contributed by atoms with Crippen molar-refractivity contribution in [1.29, 1.82) is 0 Å². The van der Waals surface area contributed by atoms with E-state index in [-0.39, 0.29) is 0 Å². The van der Waals surface area contributed by atoms with Gasteiger partial charge in [-0.3, -0.25) is 4.90 Å². The highest BCUT2D eigenvalue weighted by atomic mass is 79.9. The molecule has 0 spiro atoms. The van der Waals surface area contributed by atoms with Gasteiger partial charge in [-0.25, -0.2) is 0 Å². The summed E-state index contributed by atoms with van der Waals surface area (Å²) in [5.74, 6) is 0. The zero-order valence-corrected chi connectivity index (χ0v) is 12.0. The number of piperazine rings is 1. The fraction of sp³-hybridized carbons (Fsp3) is 0.571. The van der Waals surface area contributed by atoms with Gasteiger partial charge in [0.05, 0.1) is 0 Å². The van der Waals surface area contributed by atoms with Gasteiger partial charge in [-0.15, -0.1) is 0 Å². The number of nitrogens with one attached hydrogen (secondary N) is 1. The predicted molar refractivity (Wildman–Crippen MR) is 76.1 cm³/mol. The Labute approximate surface area is 113 Å². The van der Waals surface area contributed by atoms with Crippen LogP contribution in [0.1, 0.15) is 25.3 Å². The molecule has 1 unspecified atom stereocenters. The van der Waals surface area contributed by atoms with E-state index in [4.69, 9.17) is 0 Å². The lowest BCUT2D eigenvalue weighted by molar-refractivity contribution is 0.144. The third-order valence-corrected chi connectivity index (χ3v) is 4.20. The van der Waals surface area contributed by atoms with Crippen molar-refractivity contribution >= 4 is 15.9 Å². The van der Waals surface area contributed by atoms with Crippen LogP contribution < -0.4 is 5.32 Å². The molecule has 0 saturated carbocycles. The molecule has 17 heavy (non-hydrogen) atoms. The zero-order chi connectivity index (χ0) is 12.1. The van der Waals surface area contributed by atoms with Gasteiger partial charge in [0.15, 0.2) is 0 Å². The summed E-state index contributed by atoms with van der Waals surface area (Å²) in [5, 5.41) is 3.50. The molecule has 3 heteroatoms. The van der Waals surface area contributed by atoms with Crippen LogP contribution in [0, 0.1) is 0 Å². The fourth-order valence-corrected chi connectivity index (χ4v) is 2.88. The van der Waals surface area contributed by atoms with Crippen LogP contribution in [0.3, 0.4) is 0 Å². The largest absolute Gasteiger partial charge is 0.314 e. The molecule has 1 aromatic rings. The Balaban J connectivity index is 2.03. The first-order chi connectivity index (χ1) is 8.31. The summed E-state index contributed by atoms with van der Waals surface area (Å²) in [6.07, 6.45) is 2.55. The Hall–Kier alpha value is -0.380. The molecule has 2 rings (SSSR count). The van der Waals surface area contributed by atoms with Gasteiger partial charge in [0, 0.05) is 36.7 Å². The molecule has 1 aliphatic heterocycles. The normalized spacial score (nSPS) is 21.6. The Bertz CT molecular complexity index is 352. The second-order valence-electron chi connectivity index (χ2n) is 4.71. The van der Waals surface area contributed by atoms with E-state index in [0.717, 1.165) is 26.2 Å². The molecule has 1 saturated heterocycles. The number of nitrogens with zero attached hydrogens (tertiary/aromatic N) is 1. The van der Waals surface area contributed by atoms with E-state index in [0.29, 0.717) is 6.04 Å². The van der Waals surface area contributed by atoms with Crippen molar-refractivity contribution < 1.29 is 0 Å². The molecule has 0 aromatic heterocycles. The van der Waals surface area contributed by atoms with Gasteiger partial charge >= 0.3 is 0 Å². The number of halogens is 1. The molecular weight excluding hydrogens is 276 g/mol. The highest BCUT2D eigenvalue weighted by molar-refractivity contribution is 9.10. The van der Waals surface area contributed by atoms with Crippen molar-refractivity contribution in [3.63, 3.8) is 0 Å². The van der Waals surface area contributed by atoms with Crippen LogP contribution in [0.5, 0.6) is 0 Å². The van der Waals surface area contributed by atoms with Gasteiger partial charge in [-0.2, -0.15) is 0 Å². The second kappa shape index (κ2) is 6.53. The summed E-state index contributed by atoms with van der Waals surface area (Å²) >= 11 is 3.64. The van der Waals surface area contributed by atoms with Crippen molar-refractivity contribution in [3.05, 3.63) is 34.3 Å². The van der Waals surface area contributed by atoms with Gasteiger partial charge in [-0.05, 0) is 18.1 Å². The zero-order valence-electron chi connectivity index (χ0n) is 10.5. The first-order valence-electron chi connectivity index (χ1n) is 6.49. The smallest absolute Gasteiger partial charge is 0.0248 e. The number of hydrogen-bond acceptors (Lipinski definition) is 2. The van der Waals surface area contributed by atoms with E-state index in [1.807, 2.05) is 0 Å². The summed E-state index contributed by atoms with van der Waals surface area (Å²) in [4.78, 5) is 2.61. The van der Waals surface area contributed by atoms with Crippen LogP contribution in [0.15, 0.2) is 28.7 Å². The minimum absolute atomic E-state index is 0.695. The van der Waals surface area contributed by atoms with Gasteiger partial charge in [-0.1, -0.05) is 47.5 Å². The fourth-order valence-electron chi connectivity index (χ4n) is 2.47. The molecule has 0 bridgehead atoms. The molecule has 1 N–H and O–H groups in total. The molecule has 0 aliphatic carbocycles. The molecule has 0 radical (unpaired) electrons. The van der Waals surface area contributed by atoms with E-state index >= 15 is 0 Å². The lowest BCUT2D eigenvalue weighted by Gasteiger charge is -2.36. The van der Waals surface area contributed by atoms with Crippen molar-refractivity contribution in [1.82, 2.24) is 10.2 Å². The number of rotatable bonds is 4. The summed E-state index contributed by atoms with van der Waals surface area (Å²) in [6.45, 7) is 6.74. The molecule has 94 valence electrons. The van der Waals surface area contributed by atoms with Crippen LogP contribution in [0.2, 0.25) is 0 Å². The highest BCUT2D eigenvalue weighted by Crippen LogP contribution is 2.20. The van der Waals surface area contributed by atoms with Gasteiger partial charge in [0.1, 0.15) is 0 Å². The van der Waals surface area contributed by atoms with Crippen molar-refractivity contribution in [3.8, 4) is 0 Å². The molecule has 2 nitrogen and oxygen atoms in total. The van der Waals surface area contributed by atoms with E-state index in [2.05, 4.69) is 57.3 Å². The first kappa shape index (κ1) is 13.1. The van der Waals surface area contributed by atoms with Crippen molar-refractivity contribution in [2.75, 3.05) is 19.6 Å². The molecule has 0 amide bonds. The van der Waals surface area contributed by atoms with Gasteiger partial charge in [0.25, 0.3) is 0 Å². The summed E-state index contributed by atoms with van der Waals surface area (Å²) in [6, 6.07) is 9.24. The van der Waals surface area contributed by atoms with E-state index in [1.165, 1.54) is 22.9 Å². The molecule has 1 aromatic carbocycles. The third-order valence-electron chi connectivity index (χ3n) is 3.43. The van der Waals surface area contributed by atoms with Crippen LogP contribution in [-0.4, -0.2) is 30.6 Å². The van der Waals surface area contributed by atoms with Crippen molar-refractivity contribution in [2.45, 2.75) is 32.4 Å². The average Bonchev–Trinajstić information content (AvgIpc) is 2.35. The third kappa shape index (κ3) is 3.54. The number of hydrogen-bond donors (Lipinski definition) is 1. The van der Waals surface area contributed by atoms with Gasteiger partial charge < -0.3 is 5.32 Å². The van der Waals surface area contributed by atoms with Crippen LogP contribution in [-0.2, 0) is 6.54 Å². The maximum absolute atomic E-state index is 3.64. The van der Waals surface area contributed by atoms with Crippen LogP contribution in [0.25, 0.3) is 0 Å². The predicted octanol–water partition coefficient (Wildman–Crippen LogP) is 3.02. The number of benzene rings is 1. The van der Waals surface area contributed by atoms with Crippen LogP contribution in [0.4, 0.5) is 0 Å². The second-order valence-corrected chi connectivity index (χ2v) is 5.56. The molecule has 1 aliphatic rings. The Morgan fingerprint density at radius 3 is 3.00 bits per heavy atom. The maximum atomic E-state index is 3.64. The molecule has 1 heterocycles. The van der Waals surface area contributed by atoms with Gasteiger partial charge in [0.2, 0.25) is 0 Å². The lowest BCUT2D eigenvalue weighted by atomic mass is 10.1. The minimum atomic E-state index is 0.695. The van der Waals surface area contributed by atoms with E-state index in [9.17, 15) is 0 Å². The SMILES string of the molecule is CCCC1CNCCN1Cc1ccccc1Br. The highest BCUT2D eigenvalue weighted by Gasteiger charge is 2.21. The van der Waals surface area contributed by atoms with E-state index < -0.39 is 0 Å². The summed E-state index contributed by atoms with van der Waals surface area (Å²) < 4.78 is 1.23. The molecule has 1 fully saturated rings. The Morgan fingerprint density at radius 2 is 2.24 bits per heavy atom.